The van der Waals surface area contributed by atoms with Crippen LogP contribution in [0.2, 0.25) is 0 Å². The fourth-order valence-electron chi connectivity index (χ4n) is 3.57. The van der Waals surface area contributed by atoms with E-state index in [9.17, 15) is 9.90 Å². The molecule has 5 aromatic rings. The van der Waals surface area contributed by atoms with Gasteiger partial charge in [0, 0.05) is 11.3 Å². The average Bonchev–Trinajstić information content (AvgIpc) is 3.38. The average molecular weight is 441 g/mol. The molecule has 3 aromatic carbocycles. The molecule has 158 valence electrons. The van der Waals surface area contributed by atoms with E-state index in [1.54, 1.807) is 28.6 Å². The van der Waals surface area contributed by atoms with Gasteiger partial charge in [-0.25, -0.2) is 9.67 Å². The van der Waals surface area contributed by atoms with Gasteiger partial charge < -0.3 is 20.6 Å². The van der Waals surface area contributed by atoms with E-state index in [0.717, 1.165) is 33.0 Å². The third-order valence-electron chi connectivity index (χ3n) is 5.12. The molecule has 0 atom stereocenters. The van der Waals surface area contributed by atoms with Crippen LogP contribution in [0.4, 0.5) is 5.82 Å². The van der Waals surface area contributed by atoms with Crippen LogP contribution >= 0.6 is 11.8 Å². The Balaban J connectivity index is 1.52. The highest BCUT2D eigenvalue weighted by Crippen LogP contribution is 2.35. The number of para-hydroxylation sites is 2. The molecule has 3 N–H and O–H groups in total. The lowest BCUT2D eigenvalue weighted by Crippen LogP contribution is -2.22. The van der Waals surface area contributed by atoms with Crippen molar-refractivity contribution in [1.29, 1.82) is 0 Å². The number of H-pyrrole nitrogens is 1. The highest BCUT2D eigenvalue weighted by molar-refractivity contribution is 7.98. The van der Waals surface area contributed by atoms with Gasteiger partial charge in [-0.15, -0.1) is 0 Å². The zero-order chi connectivity index (χ0) is 22.1. The number of carboxylic acids is 1. The van der Waals surface area contributed by atoms with Crippen molar-refractivity contribution in [2.45, 2.75) is 10.9 Å². The summed E-state index contributed by atoms with van der Waals surface area (Å²) in [7, 11) is 0. The second-order valence-corrected chi connectivity index (χ2v) is 8.13. The van der Waals surface area contributed by atoms with E-state index in [4.69, 9.17) is 10.8 Å². The third kappa shape index (κ3) is 3.72. The first-order valence-corrected chi connectivity index (χ1v) is 10.9. The summed E-state index contributed by atoms with van der Waals surface area (Å²) in [5.41, 5.74) is 11.8. The lowest BCUT2D eigenvalue weighted by atomic mass is 10.1. The summed E-state index contributed by atoms with van der Waals surface area (Å²) < 4.78 is 1.63. The molecule has 7 nitrogen and oxygen atoms in total. The van der Waals surface area contributed by atoms with E-state index in [0.29, 0.717) is 17.3 Å². The molecule has 2 aromatic heterocycles. The summed E-state index contributed by atoms with van der Waals surface area (Å²) in [6, 6.07) is 24.0. The van der Waals surface area contributed by atoms with Gasteiger partial charge in [0.2, 0.25) is 0 Å². The van der Waals surface area contributed by atoms with Crippen LogP contribution in [0.3, 0.4) is 0 Å². The first-order chi connectivity index (χ1) is 15.6. The van der Waals surface area contributed by atoms with Crippen molar-refractivity contribution < 1.29 is 9.90 Å². The molecular weight excluding hydrogens is 422 g/mol. The third-order valence-corrected chi connectivity index (χ3v) is 6.00. The van der Waals surface area contributed by atoms with E-state index in [1.165, 1.54) is 12.1 Å². The number of carboxylic acid groups (broad SMARTS) is 1. The summed E-state index contributed by atoms with van der Waals surface area (Å²) in [5, 5.41) is 16.6. The van der Waals surface area contributed by atoms with Gasteiger partial charge in [0.05, 0.1) is 28.4 Å². The molecule has 0 aliphatic rings. The van der Waals surface area contributed by atoms with Gasteiger partial charge in [0.15, 0.2) is 5.16 Å². The number of hydrogen-bond acceptors (Lipinski definition) is 6. The number of rotatable bonds is 6. The Morgan fingerprint density at radius 2 is 1.72 bits per heavy atom. The zero-order valence-corrected chi connectivity index (χ0v) is 17.7. The fraction of sp³-hybridized carbons (Fsp3) is 0.0417. The van der Waals surface area contributed by atoms with Crippen molar-refractivity contribution in [2.75, 3.05) is 5.73 Å². The van der Waals surface area contributed by atoms with Crippen molar-refractivity contribution in [1.82, 2.24) is 19.7 Å². The van der Waals surface area contributed by atoms with Crippen LogP contribution in [0.15, 0.2) is 84.0 Å². The van der Waals surface area contributed by atoms with Crippen molar-refractivity contribution in [3.8, 4) is 16.8 Å². The summed E-state index contributed by atoms with van der Waals surface area (Å²) in [5.74, 6) is -0.186. The van der Waals surface area contributed by atoms with Crippen LogP contribution in [0.1, 0.15) is 16.1 Å². The Hall–Kier alpha value is -4.04. The number of fused-ring (bicyclic) bond motifs is 1. The van der Waals surface area contributed by atoms with Crippen LogP contribution in [0, 0.1) is 0 Å². The fourth-order valence-corrected chi connectivity index (χ4v) is 4.39. The molecule has 0 amide bonds. The number of aromatic carboxylic acids is 1. The molecule has 0 aliphatic heterocycles. The van der Waals surface area contributed by atoms with E-state index >= 15 is 0 Å². The number of nitrogens with one attached hydrogen (secondary N) is 1. The smallest absolute Gasteiger partial charge is 0.166 e. The summed E-state index contributed by atoms with van der Waals surface area (Å²) >= 11 is 1.55. The van der Waals surface area contributed by atoms with Gasteiger partial charge in [-0.2, -0.15) is 5.10 Å². The number of anilines is 1. The van der Waals surface area contributed by atoms with Crippen molar-refractivity contribution >= 4 is 34.6 Å². The van der Waals surface area contributed by atoms with Crippen LogP contribution in [0.5, 0.6) is 0 Å². The first-order valence-electron chi connectivity index (χ1n) is 9.92. The second-order valence-electron chi connectivity index (χ2n) is 7.17. The molecule has 0 saturated heterocycles. The molecule has 5 rings (SSSR count). The predicted molar refractivity (Wildman–Crippen MR) is 123 cm³/mol. The Morgan fingerprint density at radius 3 is 2.44 bits per heavy atom. The lowest BCUT2D eigenvalue weighted by Gasteiger charge is -2.07. The number of nitrogens with zero attached hydrogens (tertiary/aromatic N) is 3. The molecule has 2 heterocycles. The molecular formula is C24H18N5O2S-. The number of benzene rings is 3. The number of nitrogens with two attached hydrogens (primary N) is 1. The maximum absolute atomic E-state index is 11.1. The van der Waals surface area contributed by atoms with Crippen LogP contribution < -0.4 is 10.8 Å². The van der Waals surface area contributed by atoms with Crippen molar-refractivity contribution in [2.24, 2.45) is 0 Å². The second kappa shape index (κ2) is 8.24. The quantitative estimate of drug-likeness (QED) is 0.390. The number of imidazole rings is 1. The minimum Gasteiger partial charge on any atom is -0.545 e. The van der Waals surface area contributed by atoms with Gasteiger partial charge in [-0.3, -0.25) is 0 Å². The zero-order valence-electron chi connectivity index (χ0n) is 16.9. The maximum Gasteiger partial charge on any atom is 0.166 e. The molecule has 8 heteroatoms. The molecule has 0 spiro atoms. The van der Waals surface area contributed by atoms with Gasteiger partial charge >= 0.3 is 0 Å². The lowest BCUT2D eigenvalue weighted by molar-refractivity contribution is -0.255. The minimum atomic E-state index is -1.22. The molecule has 0 radical (unpaired) electrons. The predicted octanol–water partition coefficient (Wildman–Crippen LogP) is 3.65. The number of carbonyl (C=O) groups is 1. The number of aromatic nitrogens is 4. The number of thioether (sulfide) groups is 1. The molecule has 32 heavy (non-hydrogen) atoms. The summed E-state index contributed by atoms with van der Waals surface area (Å²) in [6.07, 6.45) is 0. The largest absolute Gasteiger partial charge is 0.545 e. The topological polar surface area (TPSA) is 113 Å². The molecule has 0 fully saturated rings. The summed E-state index contributed by atoms with van der Waals surface area (Å²) in [6.45, 7) is 0. The van der Waals surface area contributed by atoms with E-state index in [1.807, 2.05) is 54.6 Å². The summed E-state index contributed by atoms with van der Waals surface area (Å²) in [4.78, 5) is 19.0. The van der Waals surface area contributed by atoms with Gasteiger partial charge in [-0.1, -0.05) is 66.4 Å². The number of nitrogen functional groups attached to an aromatic ring is 1. The van der Waals surface area contributed by atoms with E-state index in [2.05, 4.69) is 9.97 Å². The van der Waals surface area contributed by atoms with E-state index < -0.39 is 5.97 Å². The van der Waals surface area contributed by atoms with Gasteiger partial charge in [0.25, 0.3) is 0 Å². The number of carbonyl (C=O) groups excluding carboxylic acids is 1. The van der Waals surface area contributed by atoms with Crippen molar-refractivity contribution in [3.05, 3.63) is 90.1 Å². The van der Waals surface area contributed by atoms with Crippen LogP contribution in [-0.4, -0.2) is 25.7 Å². The Kier molecular flexibility index (Phi) is 5.12. The molecule has 0 unspecified atom stereocenters. The monoisotopic (exact) mass is 440 g/mol. The SMILES string of the molecule is Nc1c(-c2ccccc2)c(CSc2nc3ccccc3[nH]2)nn1-c1ccc(C(=O)[O-])cc1. The van der Waals surface area contributed by atoms with Crippen LogP contribution in [0.25, 0.3) is 27.8 Å². The number of aromatic amines is 1. The highest BCUT2D eigenvalue weighted by Gasteiger charge is 2.19. The normalized spacial score (nSPS) is 11.1. The minimum absolute atomic E-state index is 0.100. The Labute approximate surface area is 187 Å². The first kappa shape index (κ1) is 19.9. The van der Waals surface area contributed by atoms with Gasteiger partial charge in [0.1, 0.15) is 5.82 Å². The Morgan fingerprint density at radius 1 is 1.00 bits per heavy atom. The standard InChI is InChI=1S/C24H19N5O2S/c25-22-21(15-6-2-1-3-7-15)20(14-32-24-26-18-8-4-5-9-19(18)27-24)28-29(22)17-12-10-16(11-13-17)23(30)31/h1-13H,14,25H2,(H,26,27)(H,30,31)/p-1. The van der Waals surface area contributed by atoms with Crippen LogP contribution in [-0.2, 0) is 5.75 Å². The maximum atomic E-state index is 11.1. The number of hydrogen-bond donors (Lipinski definition) is 2. The van der Waals surface area contributed by atoms with Crippen molar-refractivity contribution in [3.63, 3.8) is 0 Å². The van der Waals surface area contributed by atoms with E-state index in [-0.39, 0.29) is 5.56 Å². The molecule has 0 saturated carbocycles. The highest BCUT2D eigenvalue weighted by atomic mass is 32.2. The molecule has 0 aliphatic carbocycles. The molecule has 0 bridgehead atoms. The van der Waals surface area contributed by atoms with Gasteiger partial charge in [-0.05, 0) is 35.4 Å². The Bertz CT molecular complexity index is 1370.